The van der Waals surface area contributed by atoms with Gasteiger partial charge >= 0.3 is 0 Å². The maximum absolute atomic E-state index is 13.7. The largest absolute Gasteiger partial charge is 0.311 e. The van der Waals surface area contributed by atoms with Crippen molar-refractivity contribution < 1.29 is 4.39 Å². The molecule has 2 rings (SSSR count). The Morgan fingerprint density at radius 2 is 1.84 bits per heavy atom. The Kier molecular flexibility index (Phi) is 4.98. The zero-order chi connectivity index (χ0) is 13.8. The smallest absolute Gasteiger partial charge is 0.126 e. The number of benzene rings is 1. The minimum absolute atomic E-state index is 0.0426. The summed E-state index contributed by atoms with van der Waals surface area (Å²) in [6.45, 7) is 6.80. The van der Waals surface area contributed by atoms with Crippen molar-refractivity contribution in [1.82, 2.24) is 5.32 Å². The lowest BCUT2D eigenvalue weighted by Crippen LogP contribution is -2.47. The zero-order valence-electron chi connectivity index (χ0n) is 12.3. The molecule has 0 radical (unpaired) electrons. The highest BCUT2D eigenvalue weighted by molar-refractivity contribution is 5.24. The summed E-state index contributed by atoms with van der Waals surface area (Å²) in [6.07, 6.45) is 4.61. The molecule has 1 unspecified atom stereocenters. The second-order valence-corrected chi connectivity index (χ2v) is 5.92. The van der Waals surface area contributed by atoms with Gasteiger partial charge in [-0.05, 0) is 43.2 Å². The van der Waals surface area contributed by atoms with E-state index in [0.29, 0.717) is 18.0 Å². The summed E-state index contributed by atoms with van der Waals surface area (Å²) in [7, 11) is 0. The molecule has 1 aromatic carbocycles. The van der Waals surface area contributed by atoms with E-state index < -0.39 is 0 Å². The Labute approximate surface area is 116 Å². The van der Waals surface area contributed by atoms with Crippen molar-refractivity contribution in [2.75, 3.05) is 0 Å². The van der Waals surface area contributed by atoms with Crippen LogP contribution in [0.5, 0.6) is 0 Å². The van der Waals surface area contributed by atoms with Crippen LogP contribution in [0.25, 0.3) is 0 Å². The van der Waals surface area contributed by atoms with Crippen molar-refractivity contribution in [2.24, 2.45) is 5.92 Å². The van der Waals surface area contributed by atoms with E-state index in [1.54, 1.807) is 12.1 Å². The third-order valence-electron chi connectivity index (χ3n) is 4.74. The third kappa shape index (κ3) is 3.36. The molecule has 1 N–H and O–H groups in total. The van der Waals surface area contributed by atoms with Crippen LogP contribution < -0.4 is 5.32 Å². The molecule has 0 bridgehead atoms. The van der Waals surface area contributed by atoms with E-state index in [-0.39, 0.29) is 5.82 Å². The predicted octanol–water partition coefficient (Wildman–Crippen LogP) is 4.49. The molecule has 2 heteroatoms. The first-order chi connectivity index (χ1) is 9.15. The first kappa shape index (κ1) is 14.5. The van der Waals surface area contributed by atoms with E-state index in [1.165, 1.54) is 12.8 Å². The van der Waals surface area contributed by atoms with Crippen molar-refractivity contribution in [1.29, 1.82) is 0 Å². The van der Waals surface area contributed by atoms with Crippen LogP contribution in [-0.2, 0) is 0 Å². The molecular weight excluding hydrogens is 237 g/mol. The molecule has 1 aliphatic rings. The van der Waals surface area contributed by atoms with Crippen LogP contribution in [0, 0.1) is 11.7 Å². The van der Waals surface area contributed by atoms with Gasteiger partial charge in [-0.15, -0.1) is 0 Å². The SMILES string of the molecule is CCC(CC)C(C)NC1CC(c2ccccc2F)C1. The van der Waals surface area contributed by atoms with E-state index in [4.69, 9.17) is 0 Å². The Hall–Kier alpha value is -0.890. The van der Waals surface area contributed by atoms with Gasteiger partial charge in [-0.2, -0.15) is 0 Å². The number of rotatable bonds is 6. The van der Waals surface area contributed by atoms with Crippen molar-refractivity contribution >= 4 is 0 Å². The fraction of sp³-hybridized carbons (Fsp3) is 0.647. The maximum atomic E-state index is 13.7. The van der Waals surface area contributed by atoms with Gasteiger partial charge in [0, 0.05) is 12.1 Å². The molecule has 106 valence electrons. The quantitative estimate of drug-likeness (QED) is 0.797. The topological polar surface area (TPSA) is 12.0 Å². The predicted molar refractivity (Wildman–Crippen MR) is 78.8 cm³/mol. The molecule has 0 spiro atoms. The van der Waals surface area contributed by atoms with Crippen LogP contribution >= 0.6 is 0 Å². The second kappa shape index (κ2) is 6.51. The third-order valence-corrected chi connectivity index (χ3v) is 4.74. The summed E-state index contributed by atoms with van der Waals surface area (Å²) in [6, 6.07) is 8.35. The molecule has 0 aliphatic heterocycles. The maximum Gasteiger partial charge on any atom is 0.126 e. The number of hydrogen-bond donors (Lipinski definition) is 1. The molecule has 0 aromatic heterocycles. The summed E-state index contributed by atoms with van der Waals surface area (Å²) in [5.74, 6) is 1.12. The van der Waals surface area contributed by atoms with E-state index in [9.17, 15) is 4.39 Å². The van der Waals surface area contributed by atoms with E-state index >= 15 is 0 Å². The highest BCUT2D eigenvalue weighted by atomic mass is 19.1. The molecule has 1 fully saturated rings. The number of halogens is 1. The van der Waals surface area contributed by atoms with E-state index in [0.717, 1.165) is 24.3 Å². The van der Waals surface area contributed by atoms with Crippen molar-refractivity contribution in [3.8, 4) is 0 Å². The Balaban J connectivity index is 1.82. The number of nitrogens with one attached hydrogen (secondary N) is 1. The second-order valence-electron chi connectivity index (χ2n) is 5.92. The van der Waals surface area contributed by atoms with Crippen LogP contribution in [-0.4, -0.2) is 12.1 Å². The lowest BCUT2D eigenvalue weighted by Gasteiger charge is -2.39. The molecule has 1 atom stereocenters. The summed E-state index contributed by atoms with van der Waals surface area (Å²) in [4.78, 5) is 0. The van der Waals surface area contributed by atoms with Gasteiger partial charge in [0.1, 0.15) is 5.82 Å². The van der Waals surface area contributed by atoms with Gasteiger partial charge in [0.05, 0.1) is 0 Å². The van der Waals surface area contributed by atoms with Gasteiger partial charge in [-0.25, -0.2) is 4.39 Å². The molecule has 0 amide bonds. The van der Waals surface area contributed by atoms with Gasteiger partial charge in [0.2, 0.25) is 0 Å². The monoisotopic (exact) mass is 263 g/mol. The summed E-state index contributed by atoms with van der Waals surface area (Å²) >= 11 is 0. The molecule has 1 aromatic rings. The van der Waals surface area contributed by atoms with Crippen LogP contribution in [0.3, 0.4) is 0 Å². The van der Waals surface area contributed by atoms with Gasteiger partial charge < -0.3 is 5.32 Å². The fourth-order valence-corrected chi connectivity index (χ4v) is 3.32. The average Bonchev–Trinajstić information content (AvgIpc) is 2.36. The average molecular weight is 263 g/mol. The first-order valence-corrected chi connectivity index (χ1v) is 7.66. The van der Waals surface area contributed by atoms with Gasteiger partial charge in [-0.3, -0.25) is 0 Å². The van der Waals surface area contributed by atoms with Crippen LogP contribution in [0.15, 0.2) is 24.3 Å². The lowest BCUT2D eigenvalue weighted by molar-refractivity contribution is 0.229. The molecule has 0 heterocycles. The number of hydrogen-bond acceptors (Lipinski definition) is 1. The lowest BCUT2D eigenvalue weighted by atomic mass is 9.75. The standard InChI is InChI=1S/C17H26FN/c1-4-13(5-2)12(3)19-15-10-14(11-15)16-8-6-7-9-17(16)18/h6-9,12-15,19H,4-5,10-11H2,1-3H3. The normalized spacial score (nSPS) is 24.3. The van der Waals surface area contributed by atoms with Crippen LogP contribution in [0.2, 0.25) is 0 Å². The van der Waals surface area contributed by atoms with Crippen LogP contribution in [0.4, 0.5) is 4.39 Å². The molecular formula is C17H26FN. The fourth-order valence-electron chi connectivity index (χ4n) is 3.32. The van der Waals surface area contributed by atoms with E-state index in [1.807, 2.05) is 12.1 Å². The van der Waals surface area contributed by atoms with Crippen molar-refractivity contribution in [3.63, 3.8) is 0 Å². The molecule has 19 heavy (non-hydrogen) atoms. The summed E-state index contributed by atoms with van der Waals surface area (Å²) < 4.78 is 13.7. The molecule has 0 saturated heterocycles. The zero-order valence-corrected chi connectivity index (χ0v) is 12.3. The van der Waals surface area contributed by atoms with Crippen molar-refractivity contribution in [2.45, 2.75) is 64.5 Å². The minimum atomic E-state index is -0.0426. The Bertz CT molecular complexity index is 394. The first-order valence-electron chi connectivity index (χ1n) is 7.66. The highest BCUT2D eigenvalue weighted by Gasteiger charge is 2.33. The Morgan fingerprint density at radius 3 is 2.42 bits per heavy atom. The van der Waals surface area contributed by atoms with Gasteiger partial charge in [-0.1, -0.05) is 44.9 Å². The summed E-state index contributed by atoms with van der Waals surface area (Å²) in [5, 5.41) is 3.72. The van der Waals surface area contributed by atoms with Crippen LogP contribution in [0.1, 0.15) is 57.9 Å². The molecule has 1 saturated carbocycles. The van der Waals surface area contributed by atoms with E-state index in [2.05, 4.69) is 26.1 Å². The molecule has 1 nitrogen and oxygen atoms in total. The molecule has 1 aliphatic carbocycles. The summed E-state index contributed by atoms with van der Waals surface area (Å²) in [5.41, 5.74) is 0.899. The van der Waals surface area contributed by atoms with Gasteiger partial charge in [0.15, 0.2) is 0 Å². The van der Waals surface area contributed by atoms with Crippen molar-refractivity contribution in [3.05, 3.63) is 35.6 Å². The highest BCUT2D eigenvalue weighted by Crippen LogP contribution is 2.38. The minimum Gasteiger partial charge on any atom is -0.311 e. The Morgan fingerprint density at radius 1 is 1.21 bits per heavy atom. The van der Waals surface area contributed by atoms with Gasteiger partial charge in [0.25, 0.3) is 0 Å².